The lowest BCUT2D eigenvalue weighted by molar-refractivity contribution is 0.174. The van der Waals surface area contributed by atoms with Gasteiger partial charge in [-0.1, -0.05) is 60.5 Å². The van der Waals surface area contributed by atoms with Gasteiger partial charge >= 0.3 is 0 Å². The molecule has 0 aliphatic heterocycles. The van der Waals surface area contributed by atoms with Crippen molar-refractivity contribution in [3.63, 3.8) is 0 Å². The molecule has 0 saturated heterocycles. The zero-order chi connectivity index (χ0) is 14.7. The molecule has 1 saturated carbocycles. The summed E-state index contributed by atoms with van der Waals surface area (Å²) in [7, 11) is 2.09. The molecule has 1 N–H and O–H groups in total. The average Bonchev–Trinajstić information content (AvgIpc) is 2.48. The third-order valence-corrected chi connectivity index (χ3v) is 5.22. The van der Waals surface area contributed by atoms with E-state index >= 15 is 0 Å². The number of halogens is 1. The maximum Gasteiger partial charge on any atom is 0.0406 e. The zero-order valence-corrected chi connectivity index (χ0v) is 13.2. The van der Waals surface area contributed by atoms with Gasteiger partial charge in [0, 0.05) is 16.5 Å². The first-order valence-electron chi connectivity index (χ1n) is 7.72. The lowest BCUT2D eigenvalue weighted by atomic mass is 9.59. The van der Waals surface area contributed by atoms with Gasteiger partial charge in [-0.25, -0.2) is 0 Å². The summed E-state index contributed by atoms with van der Waals surface area (Å²) in [5, 5.41) is 4.39. The van der Waals surface area contributed by atoms with E-state index in [4.69, 9.17) is 11.6 Å². The molecule has 1 nitrogen and oxygen atoms in total. The van der Waals surface area contributed by atoms with Gasteiger partial charge in [-0.3, -0.25) is 0 Å². The zero-order valence-electron chi connectivity index (χ0n) is 12.5. The number of hydrogen-bond acceptors (Lipinski definition) is 1. The molecule has 1 aliphatic carbocycles. The van der Waals surface area contributed by atoms with Crippen molar-refractivity contribution in [1.82, 2.24) is 5.32 Å². The molecule has 2 aromatic rings. The quantitative estimate of drug-likeness (QED) is 0.851. The van der Waals surface area contributed by atoms with Crippen LogP contribution in [0.1, 0.15) is 30.4 Å². The van der Waals surface area contributed by atoms with Crippen molar-refractivity contribution in [2.45, 2.75) is 37.1 Å². The Labute approximate surface area is 132 Å². The van der Waals surface area contributed by atoms with Crippen molar-refractivity contribution >= 4 is 11.6 Å². The summed E-state index contributed by atoms with van der Waals surface area (Å²) in [5.74, 6) is 0. The number of hydrogen-bond donors (Lipinski definition) is 1. The Hall–Kier alpha value is -1.31. The molecule has 1 atom stereocenters. The van der Waals surface area contributed by atoms with E-state index in [1.807, 2.05) is 12.1 Å². The van der Waals surface area contributed by atoms with Crippen LogP contribution in [0.2, 0.25) is 5.02 Å². The molecule has 1 unspecified atom stereocenters. The molecule has 0 aromatic heterocycles. The van der Waals surface area contributed by atoms with Gasteiger partial charge in [0.1, 0.15) is 0 Å². The Morgan fingerprint density at radius 3 is 2.24 bits per heavy atom. The molecular weight excluding hydrogens is 278 g/mol. The molecule has 0 amide bonds. The maximum atomic E-state index is 6.05. The lowest BCUT2D eigenvalue weighted by Gasteiger charge is -2.48. The highest BCUT2D eigenvalue weighted by Crippen LogP contribution is 2.47. The molecule has 2 heteroatoms. The van der Waals surface area contributed by atoms with Gasteiger partial charge in [-0.05, 0) is 49.6 Å². The van der Waals surface area contributed by atoms with Gasteiger partial charge < -0.3 is 5.32 Å². The number of likely N-dealkylation sites (N-methyl/N-ethyl adjacent to an activating group) is 1. The van der Waals surface area contributed by atoms with Gasteiger partial charge in [0.15, 0.2) is 0 Å². The highest BCUT2D eigenvalue weighted by Gasteiger charge is 2.44. The predicted octanol–water partition coefficient (Wildman–Crippen LogP) is 4.59. The van der Waals surface area contributed by atoms with Crippen LogP contribution >= 0.6 is 11.6 Å². The second-order valence-corrected chi connectivity index (χ2v) is 6.48. The SMILES string of the molecule is CNC(Cc1ccccc1)C1(c2ccc(Cl)cc2)CCC1. The Morgan fingerprint density at radius 2 is 1.71 bits per heavy atom. The van der Waals surface area contributed by atoms with Gasteiger partial charge in [0.25, 0.3) is 0 Å². The lowest BCUT2D eigenvalue weighted by Crippen LogP contribution is -2.52. The van der Waals surface area contributed by atoms with Gasteiger partial charge in [0.05, 0.1) is 0 Å². The summed E-state index contributed by atoms with van der Waals surface area (Å²) in [6.07, 6.45) is 4.90. The minimum atomic E-state index is 0.259. The number of benzene rings is 2. The number of nitrogens with one attached hydrogen (secondary N) is 1. The Balaban J connectivity index is 1.87. The third kappa shape index (κ3) is 2.86. The monoisotopic (exact) mass is 299 g/mol. The van der Waals surface area contributed by atoms with E-state index in [9.17, 15) is 0 Å². The molecule has 1 fully saturated rings. The highest BCUT2D eigenvalue weighted by molar-refractivity contribution is 6.30. The van der Waals surface area contributed by atoms with Crippen molar-refractivity contribution in [2.75, 3.05) is 7.05 Å². The third-order valence-electron chi connectivity index (χ3n) is 4.96. The first kappa shape index (κ1) is 14.6. The fraction of sp³-hybridized carbons (Fsp3) is 0.368. The van der Waals surface area contributed by atoms with E-state index in [1.165, 1.54) is 30.4 Å². The minimum Gasteiger partial charge on any atom is -0.316 e. The van der Waals surface area contributed by atoms with Crippen LogP contribution < -0.4 is 5.32 Å². The summed E-state index contributed by atoms with van der Waals surface area (Å²) < 4.78 is 0. The first-order chi connectivity index (χ1) is 10.2. The second-order valence-electron chi connectivity index (χ2n) is 6.05. The summed E-state index contributed by atoms with van der Waals surface area (Å²) in [6, 6.07) is 19.7. The van der Waals surface area contributed by atoms with Crippen molar-refractivity contribution in [3.8, 4) is 0 Å². The molecule has 3 rings (SSSR count). The molecule has 21 heavy (non-hydrogen) atoms. The van der Waals surface area contributed by atoms with E-state index in [2.05, 4.69) is 54.8 Å². The molecule has 0 heterocycles. The van der Waals surface area contributed by atoms with E-state index in [-0.39, 0.29) is 5.41 Å². The van der Waals surface area contributed by atoms with E-state index in [1.54, 1.807) is 0 Å². The summed E-state index contributed by atoms with van der Waals surface area (Å²) in [5.41, 5.74) is 3.08. The normalized spacial score (nSPS) is 18.0. The topological polar surface area (TPSA) is 12.0 Å². The molecule has 0 radical (unpaired) electrons. The van der Waals surface area contributed by atoms with Crippen molar-refractivity contribution in [2.24, 2.45) is 0 Å². The smallest absolute Gasteiger partial charge is 0.0406 e. The summed E-state index contributed by atoms with van der Waals surface area (Å²) in [4.78, 5) is 0. The Kier molecular flexibility index (Phi) is 4.32. The molecule has 1 aliphatic rings. The minimum absolute atomic E-state index is 0.259. The van der Waals surface area contributed by atoms with Crippen LogP contribution in [-0.4, -0.2) is 13.1 Å². The first-order valence-corrected chi connectivity index (χ1v) is 8.10. The fourth-order valence-electron chi connectivity index (χ4n) is 3.60. The molecule has 2 aromatic carbocycles. The van der Waals surface area contributed by atoms with Crippen LogP contribution in [0.4, 0.5) is 0 Å². The fourth-order valence-corrected chi connectivity index (χ4v) is 3.73. The average molecular weight is 300 g/mol. The Bertz CT molecular complexity index is 572. The standard InChI is InChI=1S/C19H22ClN/c1-21-18(14-15-6-3-2-4-7-15)19(12-5-13-19)16-8-10-17(20)11-9-16/h2-4,6-11,18,21H,5,12-14H2,1H3. The molecular formula is C19H22ClN. The largest absolute Gasteiger partial charge is 0.316 e. The van der Waals surface area contributed by atoms with E-state index < -0.39 is 0 Å². The van der Waals surface area contributed by atoms with Crippen molar-refractivity contribution < 1.29 is 0 Å². The van der Waals surface area contributed by atoms with Gasteiger partial charge in [-0.2, -0.15) is 0 Å². The number of rotatable bonds is 5. The summed E-state index contributed by atoms with van der Waals surface area (Å²) in [6.45, 7) is 0. The molecule has 110 valence electrons. The van der Waals surface area contributed by atoms with Crippen LogP contribution in [0.3, 0.4) is 0 Å². The van der Waals surface area contributed by atoms with Crippen molar-refractivity contribution in [1.29, 1.82) is 0 Å². The van der Waals surface area contributed by atoms with Crippen LogP contribution in [0, 0.1) is 0 Å². The van der Waals surface area contributed by atoms with Gasteiger partial charge in [-0.15, -0.1) is 0 Å². The maximum absolute atomic E-state index is 6.05. The second kappa shape index (κ2) is 6.21. The van der Waals surface area contributed by atoms with Crippen molar-refractivity contribution in [3.05, 3.63) is 70.7 Å². The van der Waals surface area contributed by atoms with Crippen LogP contribution in [0.25, 0.3) is 0 Å². The molecule has 0 spiro atoms. The van der Waals surface area contributed by atoms with E-state index in [0.717, 1.165) is 11.4 Å². The van der Waals surface area contributed by atoms with Crippen LogP contribution in [0.5, 0.6) is 0 Å². The summed E-state index contributed by atoms with van der Waals surface area (Å²) >= 11 is 6.05. The van der Waals surface area contributed by atoms with Crippen LogP contribution in [0.15, 0.2) is 54.6 Å². The predicted molar refractivity (Wildman–Crippen MR) is 90.0 cm³/mol. The van der Waals surface area contributed by atoms with Gasteiger partial charge in [0.2, 0.25) is 0 Å². The Morgan fingerprint density at radius 1 is 1.05 bits per heavy atom. The van der Waals surface area contributed by atoms with Crippen LogP contribution in [-0.2, 0) is 11.8 Å². The van der Waals surface area contributed by atoms with E-state index in [0.29, 0.717) is 6.04 Å². The highest BCUT2D eigenvalue weighted by atomic mass is 35.5. The molecule has 0 bridgehead atoms.